The maximum Gasteiger partial charge on any atom is 0.242 e. The van der Waals surface area contributed by atoms with E-state index in [1.54, 1.807) is 36.4 Å². The van der Waals surface area contributed by atoms with Crippen LogP contribution in [0.25, 0.3) is 11.0 Å². The van der Waals surface area contributed by atoms with Crippen molar-refractivity contribution in [2.45, 2.75) is 5.75 Å². The van der Waals surface area contributed by atoms with Crippen LogP contribution < -0.4 is 9.46 Å². The van der Waals surface area contributed by atoms with Gasteiger partial charge in [0.15, 0.2) is 11.5 Å². The van der Waals surface area contributed by atoms with Crippen molar-refractivity contribution >= 4 is 26.7 Å². The van der Waals surface area contributed by atoms with Gasteiger partial charge in [0.05, 0.1) is 29.5 Å². The molecule has 0 aliphatic heterocycles. The van der Waals surface area contributed by atoms with Gasteiger partial charge in [-0.25, -0.2) is 22.2 Å². The first-order valence-corrected chi connectivity index (χ1v) is 10.9. The van der Waals surface area contributed by atoms with E-state index in [-0.39, 0.29) is 5.75 Å². The summed E-state index contributed by atoms with van der Waals surface area (Å²) in [4.78, 5) is 4.13. The SMILES string of the molecule is COc1n[nH]c2ncc(C#Cc3c(F)ccc(NS(=O)(=O)Cc4ccccc4)c3F)cc12. The van der Waals surface area contributed by atoms with Gasteiger partial charge in [0, 0.05) is 11.8 Å². The molecule has 162 valence electrons. The number of fused-ring (bicyclic) bond motifs is 1. The van der Waals surface area contributed by atoms with Gasteiger partial charge in [0.2, 0.25) is 15.9 Å². The number of halogens is 2. The van der Waals surface area contributed by atoms with Gasteiger partial charge in [-0.05, 0) is 23.8 Å². The maximum absolute atomic E-state index is 14.9. The smallest absolute Gasteiger partial charge is 0.242 e. The number of hydrogen-bond donors (Lipinski definition) is 2. The third kappa shape index (κ3) is 4.53. The molecule has 4 aromatic rings. The Bertz CT molecular complexity index is 1460. The highest BCUT2D eigenvalue weighted by Gasteiger charge is 2.18. The van der Waals surface area contributed by atoms with Crippen LogP contribution >= 0.6 is 0 Å². The third-order valence-electron chi connectivity index (χ3n) is 4.46. The molecule has 0 amide bonds. The molecule has 0 unspecified atom stereocenters. The Morgan fingerprint density at radius 1 is 1.12 bits per heavy atom. The number of H-pyrrole nitrogens is 1. The second-order valence-corrected chi connectivity index (χ2v) is 8.46. The van der Waals surface area contributed by atoms with Gasteiger partial charge in [-0.1, -0.05) is 42.2 Å². The van der Waals surface area contributed by atoms with E-state index in [0.29, 0.717) is 28.0 Å². The van der Waals surface area contributed by atoms with Gasteiger partial charge < -0.3 is 4.74 Å². The van der Waals surface area contributed by atoms with E-state index in [0.717, 1.165) is 12.1 Å². The Labute approximate surface area is 182 Å². The fourth-order valence-corrected chi connectivity index (χ4v) is 4.18. The van der Waals surface area contributed by atoms with Crippen LogP contribution in [0.1, 0.15) is 16.7 Å². The van der Waals surface area contributed by atoms with Crippen LogP contribution in [-0.4, -0.2) is 30.7 Å². The van der Waals surface area contributed by atoms with Crippen molar-refractivity contribution in [2.75, 3.05) is 11.8 Å². The fourth-order valence-electron chi connectivity index (χ4n) is 2.98. The topological polar surface area (TPSA) is 97.0 Å². The predicted molar refractivity (Wildman–Crippen MR) is 115 cm³/mol. The summed E-state index contributed by atoms with van der Waals surface area (Å²) in [5, 5.41) is 7.18. The van der Waals surface area contributed by atoms with Crippen LogP contribution in [0.4, 0.5) is 14.5 Å². The second kappa shape index (κ2) is 8.64. The number of ether oxygens (including phenoxy) is 1. The molecule has 0 atom stereocenters. The largest absolute Gasteiger partial charge is 0.479 e. The van der Waals surface area contributed by atoms with Crippen molar-refractivity contribution in [1.29, 1.82) is 0 Å². The molecule has 0 radical (unpaired) electrons. The first-order valence-electron chi connectivity index (χ1n) is 9.29. The quantitative estimate of drug-likeness (QED) is 0.449. The average molecular weight is 454 g/mol. The van der Waals surface area contributed by atoms with Gasteiger partial charge in [0.25, 0.3) is 0 Å². The zero-order chi connectivity index (χ0) is 22.7. The number of nitrogens with zero attached hydrogens (tertiary/aromatic N) is 2. The summed E-state index contributed by atoms with van der Waals surface area (Å²) in [6.45, 7) is 0. The molecule has 0 saturated heterocycles. The van der Waals surface area contributed by atoms with Crippen LogP contribution in [0.5, 0.6) is 5.88 Å². The summed E-state index contributed by atoms with van der Waals surface area (Å²) in [6.07, 6.45) is 1.41. The fraction of sp³-hybridized carbons (Fsp3) is 0.0909. The number of aromatic nitrogens is 3. The molecule has 2 aromatic carbocycles. The molecule has 2 N–H and O–H groups in total. The lowest BCUT2D eigenvalue weighted by molar-refractivity contribution is 0.401. The van der Waals surface area contributed by atoms with E-state index >= 15 is 0 Å². The van der Waals surface area contributed by atoms with E-state index in [9.17, 15) is 17.2 Å². The number of rotatable bonds is 5. The molecule has 0 bridgehead atoms. The van der Waals surface area contributed by atoms with Crippen molar-refractivity contribution in [3.05, 3.63) is 83.1 Å². The lowest BCUT2D eigenvalue weighted by atomic mass is 10.1. The number of nitrogens with one attached hydrogen (secondary N) is 2. The lowest BCUT2D eigenvalue weighted by Crippen LogP contribution is -2.16. The van der Waals surface area contributed by atoms with Gasteiger partial charge in [0.1, 0.15) is 5.82 Å². The molecule has 0 saturated carbocycles. The third-order valence-corrected chi connectivity index (χ3v) is 5.71. The van der Waals surface area contributed by atoms with E-state index < -0.39 is 32.9 Å². The molecule has 10 heteroatoms. The molecule has 0 aliphatic carbocycles. The minimum absolute atomic E-state index is 0.309. The molecule has 4 rings (SSSR count). The molecule has 0 spiro atoms. The van der Waals surface area contributed by atoms with Crippen molar-refractivity contribution in [1.82, 2.24) is 15.2 Å². The van der Waals surface area contributed by atoms with E-state index in [4.69, 9.17) is 4.74 Å². The number of benzene rings is 2. The second-order valence-electron chi connectivity index (χ2n) is 6.73. The number of anilines is 1. The van der Waals surface area contributed by atoms with E-state index in [2.05, 4.69) is 31.7 Å². The first-order chi connectivity index (χ1) is 15.4. The minimum atomic E-state index is -3.93. The summed E-state index contributed by atoms with van der Waals surface area (Å²) in [5.41, 5.74) is 0.409. The molecule has 2 aromatic heterocycles. The predicted octanol–water partition coefficient (Wildman–Crippen LogP) is 3.59. The highest BCUT2D eigenvalue weighted by molar-refractivity contribution is 7.91. The van der Waals surface area contributed by atoms with Crippen molar-refractivity contribution in [3.63, 3.8) is 0 Å². The van der Waals surface area contributed by atoms with Crippen molar-refractivity contribution in [3.8, 4) is 17.7 Å². The number of aromatic amines is 1. The Hall–Kier alpha value is -3.97. The van der Waals surface area contributed by atoms with Gasteiger partial charge in [-0.15, -0.1) is 5.10 Å². The van der Waals surface area contributed by atoms with Crippen LogP contribution in [0.15, 0.2) is 54.7 Å². The lowest BCUT2D eigenvalue weighted by Gasteiger charge is -2.10. The molecule has 0 aliphatic rings. The highest BCUT2D eigenvalue weighted by atomic mass is 32.2. The maximum atomic E-state index is 14.9. The molecule has 0 fully saturated rings. The Kier molecular flexibility index (Phi) is 5.75. The molecule has 7 nitrogen and oxygen atoms in total. The summed E-state index contributed by atoms with van der Waals surface area (Å²) in [5.74, 6) is 2.98. The van der Waals surface area contributed by atoms with Gasteiger partial charge in [-0.3, -0.25) is 9.82 Å². The first kappa shape index (κ1) is 21.3. The van der Waals surface area contributed by atoms with Crippen molar-refractivity contribution < 1.29 is 21.9 Å². The zero-order valence-corrected chi connectivity index (χ0v) is 17.5. The van der Waals surface area contributed by atoms with Crippen LogP contribution in [0.3, 0.4) is 0 Å². The number of hydrogen-bond acceptors (Lipinski definition) is 5. The van der Waals surface area contributed by atoms with Crippen molar-refractivity contribution in [2.24, 2.45) is 0 Å². The monoisotopic (exact) mass is 454 g/mol. The average Bonchev–Trinajstić information content (AvgIpc) is 3.18. The van der Waals surface area contributed by atoms with Gasteiger partial charge in [-0.2, -0.15) is 0 Å². The summed E-state index contributed by atoms with van der Waals surface area (Å²) < 4.78 is 61.3. The van der Waals surface area contributed by atoms with Crippen LogP contribution in [0, 0.1) is 23.5 Å². The Balaban J connectivity index is 1.63. The number of sulfonamides is 1. The van der Waals surface area contributed by atoms with E-state index in [1.807, 2.05) is 0 Å². The summed E-state index contributed by atoms with van der Waals surface area (Å²) >= 11 is 0. The molecule has 32 heavy (non-hydrogen) atoms. The highest BCUT2D eigenvalue weighted by Crippen LogP contribution is 2.24. The number of pyridine rings is 1. The molecule has 2 heterocycles. The van der Waals surface area contributed by atoms with E-state index in [1.165, 1.54) is 13.3 Å². The molecular weight excluding hydrogens is 438 g/mol. The standard InChI is InChI=1S/C22H16F2N4O3S/c1-31-22-17-11-15(12-25-21(17)26-27-22)7-8-16-18(23)9-10-19(20(16)24)28-32(29,30)13-14-5-3-2-4-6-14/h2-6,9-12,28H,13H2,1H3,(H,25,26,27). The summed E-state index contributed by atoms with van der Waals surface area (Å²) in [7, 11) is -2.48. The Morgan fingerprint density at radius 2 is 1.91 bits per heavy atom. The number of methoxy groups -OCH3 is 1. The molecular formula is C22H16F2N4O3S. The Morgan fingerprint density at radius 3 is 2.66 bits per heavy atom. The zero-order valence-electron chi connectivity index (χ0n) is 16.7. The normalized spacial score (nSPS) is 11.1. The summed E-state index contributed by atoms with van der Waals surface area (Å²) in [6, 6.07) is 12.0. The van der Waals surface area contributed by atoms with Gasteiger partial charge >= 0.3 is 0 Å². The van der Waals surface area contributed by atoms with Crippen LogP contribution in [0.2, 0.25) is 0 Å². The minimum Gasteiger partial charge on any atom is -0.479 e. The van der Waals surface area contributed by atoms with Crippen LogP contribution in [-0.2, 0) is 15.8 Å².